The molecule has 1 saturated heterocycles. The minimum Gasteiger partial charge on any atom is -0.494 e. The van der Waals surface area contributed by atoms with Crippen molar-refractivity contribution in [1.82, 2.24) is 9.47 Å². The van der Waals surface area contributed by atoms with Crippen LogP contribution in [0.15, 0.2) is 64.8 Å². The van der Waals surface area contributed by atoms with Crippen LogP contribution in [0, 0.1) is 5.92 Å². The molecule has 0 N–H and O–H groups in total. The fraction of sp³-hybridized carbons (Fsp3) is 0.455. The second-order valence-electron chi connectivity index (χ2n) is 11.2. The van der Waals surface area contributed by atoms with Crippen LogP contribution in [0.5, 0.6) is 5.75 Å². The van der Waals surface area contributed by atoms with E-state index < -0.39 is 0 Å². The Bertz CT molecular complexity index is 1510. The molecule has 2 fully saturated rings. The molecule has 4 aromatic rings. The Morgan fingerprint density at radius 2 is 1.70 bits per heavy atom. The van der Waals surface area contributed by atoms with Gasteiger partial charge in [-0.2, -0.15) is 0 Å². The van der Waals surface area contributed by atoms with Crippen molar-refractivity contribution >= 4 is 43.9 Å². The number of unbranched alkanes of at least 4 members (excludes halogenated alkanes) is 1. The average molecular weight is 558 g/mol. The fourth-order valence-electron chi connectivity index (χ4n) is 6.33. The van der Waals surface area contributed by atoms with E-state index in [0.29, 0.717) is 12.1 Å². The lowest BCUT2D eigenvalue weighted by Crippen LogP contribution is -2.46. The highest BCUT2D eigenvalue weighted by atomic mass is 32.1. The number of carbonyl (C=O) groups is 1. The smallest absolute Gasteiger partial charge is 0.257 e. The zero-order valence-corrected chi connectivity index (χ0v) is 24.0. The van der Waals surface area contributed by atoms with Crippen LogP contribution in [-0.4, -0.2) is 54.7 Å². The molecule has 210 valence electrons. The number of hydrogen-bond acceptors (Lipinski definition) is 6. The summed E-state index contributed by atoms with van der Waals surface area (Å²) in [6.07, 6.45) is 8.27. The minimum atomic E-state index is -0.244. The molecule has 2 aliphatic rings. The number of rotatable bonds is 8. The predicted molar refractivity (Wildman–Crippen MR) is 165 cm³/mol. The maximum atomic E-state index is 13.4. The molecular formula is C33H39N3O3S. The van der Waals surface area contributed by atoms with Crippen LogP contribution in [-0.2, 0) is 0 Å². The van der Waals surface area contributed by atoms with Gasteiger partial charge in [0.05, 0.1) is 12.1 Å². The lowest BCUT2D eigenvalue weighted by atomic mass is 9.99. The van der Waals surface area contributed by atoms with E-state index in [1.165, 1.54) is 39.2 Å². The molecule has 6 rings (SSSR count). The van der Waals surface area contributed by atoms with Crippen molar-refractivity contribution in [2.24, 2.45) is 5.92 Å². The van der Waals surface area contributed by atoms with Gasteiger partial charge in [0.1, 0.15) is 5.75 Å². The zero-order valence-electron chi connectivity index (χ0n) is 23.2. The first-order chi connectivity index (χ1) is 19.7. The third-order valence-corrected chi connectivity index (χ3v) is 9.50. The van der Waals surface area contributed by atoms with Crippen LogP contribution in [0.1, 0.15) is 56.2 Å². The van der Waals surface area contributed by atoms with Gasteiger partial charge in [0.2, 0.25) is 5.91 Å². The Morgan fingerprint density at radius 3 is 2.52 bits per heavy atom. The molecular weight excluding hydrogens is 518 g/mol. The van der Waals surface area contributed by atoms with Crippen molar-refractivity contribution in [1.29, 1.82) is 0 Å². The van der Waals surface area contributed by atoms with Gasteiger partial charge in [0.15, 0.2) is 0 Å². The summed E-state index contributed by atoms with van der Waals surface area (Å²) in [6.45, 7) is 5.98. The number of fused-ring (bicyclic) bond motifs is 2. The van der Waals surface area contributed by atoms with E-state index in [1.54, 1.807) is 6.07 Å². The Hall–Kier alpha value is -3.16. The summed E-state index contributed by atoms with van der Waals surface area (Å²) in [4.78, 5) is 31.3. The summed E-state index contributed by atoms with van der Waals surface area (Å²) < 4.78 is 8.86. The SMILES string of the molecule is O=C(C1CCCCCC1)n1c(=O)ccc2ccc(OCCCCN3CCN(c4cccc5sccc45)CC3)cc21. The Morgan fingerprint density at radius 1 is 0.900 bits per heavy atom. The molecule has 1 aliphatic heterocycles. The van der Waals surface area contributed by atoms with E-state index in [9.17, 15) is 9.59 Å². The third kappa shape index (κ3) is 5.96. The molecule has 2 aromatic carbocycles. The molecule has 0 bridgehead atoms. The lowest BCUT2D eigenvalue weighted by molar-refractivity contribution is 0.0822. The Balaban J connectivity index is 1.00. The van der Waals surface area contributed by atoms with Gasteiger partial charge in [-0.05, 0) is 79.4 Å². The van der Waals surface area contributed by atoms with Crippen LogP contribution >= 0.6 is 11.3 Å². The molecule has 1 saturated carbocycles. The first-order valence-electron chi connectivity index (χ1n) is 14.9. The van der Waals surface area contributed by atoms with Gasteiger partial charge >= 0.3 is 0 Å². The zero-order chi connectivity index (χ0) is 27.3. The Labute approximate surface area is 240 Å². The van der Waals surface area contributed by atoms with Crippen LogP contribution in [0.2, 0.25) is 0 Å². The highest BCUT2D eigenvalue weighted by molar-refractivity contribution is 7.17. The first kappa shape index (κ1) is 27.0. The second kappa shape index (κ2) is 12.6. The van der Waals surface area contributed by atoms with Crippen molar-refractivity contribution < 1.29 is 9.53 Å². The summed E-state index contributed by atoms with van der Waals surface area (Å²) in [5.41, 5.74) is 1.78. The summed E-state index contributed by atoms with van der Waals surface area (Å²) in [6, 6.07) is 18.0. The molecule has 7 heteroatoms. The van der Waals surface area contributed by atoms with Crippen LogP contribution < -0.4 is 15.2 Å². The third-order valence-electron chi connectivity index (χ3n) is 8.62. The first-order valence-corrected chi connectivity index (χ1v) is 15.8. The summed E-state index contributed by atoms with van der Waals surface area (Å²) >= 11 is 1.81. The van der Waals surface area contributed by atoms with Gasteiger partial charge in [0, 0.05) is 60.0 Å². The van der Waals surface area contributed by atoms with E-state index >= 15 is 0 Å². The van der Waals surface area contributed by atoms with E-state index in [2.05, 4.69) is 39.4 Å². The standard InChI is InChI=1S/C33H39N3O3S/c37-32-15-13-25-12-14-27(24-30(25)36(32)33(38)26-8-3-1-2-4-9-26)39-22-6-5-17-34-18-20-35(21-19-34)29-10-7-11-31-28(29)16-23-40-31/h7,10-16,23-24,26H,1-6,8-9,17-22H2. The molecule has 40 heavy (non-hydrogen) atoms. The summed E-state index contributed by atoms with van der Waals surface area (Å²) in [5, 5.41) is 4.45. The maximum absolute atomic E-state index is 13.4. The number of ether oxygens (including phenoxy) is 1. The average Bonchev–Trinajstić information content (AvgIpc) is 3.30. The van der Waals surface area contributed by atoms with Gasteiger partial charge < -0.3 is 9.64 Å². The predicted octanol–water partition coefficient (Wildman–Crippen LogP) is 6.81. The molecule has 0 amide bonds. The number of carbonyl (C=O) groups excluding carboxylic acids is 1. The molecule has 0 atom stereocenters. The molecule has 0 radical (unpaired) electrons. The number of pyridine rings is 1. The van der Waals surface area contributed by atoms with Gasteiger partial charge in [-0.1, -0.05) is 31.7 Å². The van der Waals surface area contributed by atoms with E-state index in [4.69, 9.17) is 4.74 Å². The van der Waals surface area contributed by atoms with Gasteiger partial charge in [-0.3, -0.25) is 14.5 Å². The van der Waals surface area contributed by atoms with Gasteiger partial charge in [0.25, 0.3) is 5.56 Å². The Kier molecular flexibility index (Phi) is 8.49. The van der Waals surface area contributed by atoms with Crippen molar-refractivity contribution in [3.63, 3.8) is 0 Å². The highest BCUT2D eigenvalue weighted by Crippen LogP contribution is 2.31. The molecule has 2 aromatic heterocycles. The van der Waals surface area contributed by atoms with Crippen LogP contribution in [0.25, 0.3) is 21.0 Å². The normalized spacial score (nSPS) is 17.4. The maximum Gasteiger partial charge on any atom is 0.257 e. The molecule has 6 nitrogen and oxygen atoms in total. The van der Waals surface area contributed by atoms with Crippen molar-refractivity contribution in [3.8, 4) is 5.75 Å². The van der Waals surface area contributed by atoms with Gasteiger partial charge in [-0.15, -0.1) is 11.3 Å². The number of thiophene rings is 1. The molecule has 3 heterocycles. The van der Waals surface area contributed by atoms with Gasteiger partial charge in [-0.25, -0.2) is 4.57 Å². The molecule has 0 unspecified atom stereocenters. The number of piperazine rings is 1. The number of anilines is 1. The van der Waals surface area contributed by atoms with E-state index in [1.807, 2.05) is 29.5 Å². The van der Waals surface area contributed by atoms with Crippen molar-refractivity contribution in [2.75, 3.05) is 44.2 Å². The molecule has 1 aliphatic carbocycles. The second-order valence-corrected chi connectivity index (χ2v) is 12.2. The summed E-state index contributed by atoms with van der Waals surface area (Å²) in [5.74, 6) is 0.597. The van der Waals surface area contributed by atoms with Crippen molar-refractivity contribution in [3.05, 3.63) is 70.3 Å². The topological polar surface area (TPSA) is 54.8 Å². The quantitative estimate of drug-likeness (QED) is 0.176. The number of benzene rings is 2. The highest BCUT2D eigenvalue weighted by Gasteiger charge is 2.24. The number of aromatic nitrogens is 1. The van der Waals surface area contributed by atoms with E-state index in [0.717, 1.165) is 82.4 Å². The van der Waals surface area contributed by atoms with Crippen molar-refractivity contribution in [2.45, 2.75) is 51.4 Å². The van der Waals surface area contributed by atoms with Crippen LogP contribution in [0.4, 0.5) is 5.69 Å². The number of nitrogens with zero attached hydrogens (tertiary/aromatic N) is 3. The molecule has 0 spiro atoms. The summed E-state index contributed by atoms with van der Waals surface area (Å²) in [7, 11) is 0. The fourth-order valence-corrected chi connectivity index (χ4v) is 7.14. The van der Waals surface area contributed by atoms with Crippen LogP contribution in [0.3, 0.4) is 0 Å². The monoisotopic (exact) mass is 557 g/mol. The lowest BCUT2D eigenvalue weighted by Gasteiger charge is -2.36. The van der Waals surface area contributed by atoms with E-state index in [-0.39, 0.29) is 17.4 Å². The number of hydrogen-bond donors (Lipinski definition) is 0. The minimum absolute atomic E-state index is 0.0539. The largest absolute Gasteiger partial charge is 0.494 e.